The molecule has 2 bridgehead atoms. The fourth-order valence-electron chi connectivity index (χ4n) is 3.42. The first kappa shape index (κ1) is 19.8. The summed E-state index contributed by atoms with van der Waals surface area (Å²) in [6.45, 7) is 5.53. The number of nitrogens with zero attached hydrogens (tertiary/aromatic N) is 1. The summed E-state index contributed by atoms with van der Waals surface area (Å²) in [4.78, 5) is 39.4. The number of fused-ring (bicyclic) bond motifs is 2. The van der Waals surface area contributed by atoms with Gasteiger partial charge in [-0.3, -0.25) is 14.5 Å². The molecule has 0 radical (unpaired) electrons. The summed E-state index contributed by atoms with van der Waals surface area (Å²) in [6.07, 6.45) is -0.692. The van der Waals surface area contributed by atoms with Gasteiger partial charge in [0.25, 0.3) is 0 Å². The first-order chi connectivity index (χ1) is 12.7. The summed E-state index contributed by atoms with van der Waals surface area (Å²) >= 11 is 1.62. The second kappa shape index (κ2) is 7.59. The average Bonchev–Trinajstić information content (AvgIpc) is 2.97. The Bertz CT molecular complexity index is 747. The molecule has 1 aromatic rings. The number of hydrogen-bond acceptors (Lipinski definition) is 6. The number of ether oxygens (including phenoxy) is 1. The van der Waals surface area contributed by atoms with Crippen LogP contribution in [-0.2, 0) is 14.3 Å². The highest BCUT2D eigenvalue weighted by Crippen LogP contribution is 2.41. The minimum atomic E-state index is -0.902. The molecule has 146 valence electrons. The highest BCUT2D eigenvalue weighted by atomic mass is 32.2. The van der Waals surface area contributed by atoms with E-state index in [0.717, 1.165) is 5.56 Å². The van der Waals surface area contributed by atoms with Crippen LogP contribution in [0.3, 0.4) is 0 Å². The Morgan fingerprint density at radius 1 is 1.30 bits per heavy atom. The normalized spacial score (nSPS) is 27.3. The zero-order valence-corrected chi connectivity index (χ0v) is 16.3. The molecule has 0 saturated carbocycles. The zero-order chi connectivity index (χ0) is 19.8. The Morgan fingerprint density at radius 3 is 2.59 bits per heavy atom. The number of Topliss-reactive ketones (excluding diaryl/α,β-unsaturated/α-hetero) is 2. The fraction of sp³-hybridized carbons (Fsp3) is 0.526. The van der Waals surface area contributed by atoms with Gasteiger partial charge in [-0.15, -0.1) is 11.8 Å². The van der Waals surface area contributed by atoms with Crippen molar-refractivity contribution >= 4 is 29.4 Å². The van der Waals surface area contributed by atoms with Crippen molar-refractivity contribution in [3.63, 3.8) is 0 Å². The number of rotatable bonds is 4. The van der Waals surface area contributed by atoms with Gasteiger partial charge in [-0.2, -0.15) is 0 Å². The summed E-state index contributed by atoms with van der Waals surface area (Å²) in [5.41, 5.74) is 0.0543. The Labute approximate surface area is 161 Å². The molecule has 4 atom stereocenters. The third kappa shape index (κ3) is 4.50. The molecule has 8 heteroatoms. The third-order valence-electron chi connectivity index (χ3n) is 4.52. The molecule has 2 saturated heterocycles. The van der Waals surface area contributed by atoms with E-state index in [9.17, 15) is 18.8 Å². The van der Waals surface area contributed by atoms with Crippen molar-refractivity contribution in [1.82, 2.24) is 10.2 Å². The van der Waals surface area contributed by atoms with E-state index in [2.05, 4.69) is 5.32 Å². The van der Waals surface area contributed by atoms with Crippen molar-refractivity contribution in [3.8, 4) is 0 Å². The van der Waals surface area contributed by atoms with Crippen molar-refractivity contribution in [2.45, 2.75) is 43.6 Å². The van der Waals surface area contributed by atoms with Crippen LogP contribution in [0.1, 0.15) is 32.3 Å². The van der Waals surface area contributed by atoms with Crippen molar-refractivity contribution < 1.29 is 23.5 Å². The van der Waals surface area contributed by atoms with E-state index in [4.69, 9.17) is 4.74 Å². The number of piperidine rings is 1. The van der Waals surface area contributed by atoms with Gasteiger partial charge in [0.2, 0.25) is 0 Å². The number of thioether (sulfide) groups is 1. The molecule has 2 aliphatic heterocycles. The lowest BCUT2D eigenvalue weighted by molar-refractivity contribution is -0.136. The molecular weight excluding hydrogens is 371 g/mol. The van der Waals surface area contributed by atoms with Crippen LogP contribution in [0.25, 0.3) is 0 Å². The molecule has 1 N–H and O–H groups in total. The van der Waals surface area contributed by atoms with Crippen LogP contribution < -0.4 is 5.32 Å². The lowest BCUT2D eigenvalue weighted by atomic mass is 9.82. The Hall–Kier alpha value is -1.93. The standard InChI is InChI=1S/C19H23FN2O4S/c1-19(2,3)26-18(25)21-8-13(23)16-17(24)15(14-9-22(16)10-27-14)11-4-6-12(20)7-5-11/h4-7,14-16H,8-10H2,1-3H3,(H,21,25). The smallest absolute Gasteiger partial charge is 0.408 e. The maximum atomic E-state index is 13.2. The Morgan fingerprint density at radius 2 is 1.96 bits per heavy atom. The number of nitrogens with one attached hydrogen (secondary N) is 1. The molecule has 1 aromatic carbocycles. The first-order valence-corrected chi connectivity index (χ1v) is 9.85. The molecule has 2 fully saturated rings. The van der Waals surface area contributed by atoms with Crippen LogP contribution in [0.5, 0.6) is 0 Å². The number of hydrogen-bond donors (Lipinski definition) is 1. The minimum absolute atomic E-state index is 0.0471. The van der Waals surface area contributed by atoms with Crippen molar-refractivity contribution in [2.75, 3.05) is 19.0 Å². The van der Waals surface area contributed by atoms with Gasteiger partial charge in [0, 0.05) is 17.7 Å². The number of carbonyl (C=O) groups excluding carboxylic acids is 3. The molecule has 27 heavy (non-hydrogen) atoms. The van der Waals surface area contributed by atoms with E-state index in [-0.39, 0.29) is 29.2 Å². The van der Waals surface area contributed by atoms with Crippen LogP contribution in [0.2, 0.25) is 0 Å². The average molecular weight is 394 g/mol. The highest BCUT2D eigenvalue weighted by Gasteiger charge is 2.50. The van der Waals surface area contributed by atoms with Crippen LogP contribution >= 0.6 is 11.8 Å². The molecule has 2 heterocycles. The number of alkyl carbamates (subject to hydrolysis) is 1. The highest BCUT2D eigenvalue weighted by molar-refractivity contribution is 8.00. The van der Waals surface area contributed by atoms with Gasteiger partial charge in [-0.1, -0.05) is 12.1 Å². The van der Waals surface area contributed by atoms with Crippen molar-refractivity contribution in [1.29, 1.82) is 0 Å². The van der Waals surface area contributed by atoms with E-state index in [1.54, 1.807) is 44.7 Å². The molecule has 2 aliphatic rings. The van der Waals surface area contributed by atoms with Crippen molar-refractivity contribution in [2.24, 2.45) is 0 Å². The monoisotopic (exact) mass is 394 g/mol. The van der Waals surface area contributed by atoms with Gasteiger partial charge in [0.15, 0.2) is 11.6 Å². The van der Waals surface area contributed by atoms with E-state index < -0.39 is 23.7 Å². The number of amides is 1. The fourth-order valence-corrected chi connectivity index (χ4v) is 4.84. The van der Waals surface area contributed by atoms with Gasteiger partial charge < -0.3 is 10.1 Å². The lowest BCUT2D eigenvalue weighted by Gasteiger charge is -2.34. The zero-order valence-electron chi connectivity index (χ0n) is 15.5. The van der Waals surface area contributed by atoms with Crippen LogP contribution in [-0.4, -0.2) is 58.4 Å². The van der Waals surface area contributed by atoms with Crippen LogP contribution in [0.15, 0.2) is 24.3 Å². The number of ketones is 2. The summed E-state index contributed by atoms with van der Waals surface area (Å²) in [5.74, 6) is -0.795. The number of benzene rings is 1. The summed E-state index contributed by atoms with van der Waals surface area (Å²) in [7, 11) is 0. The first-order valence-electron chi connectivity index (χ1n) is 8.80. The SMILES string of the molecule is CC(C)(C)OC(=O)NCC(=O)C1C(=O)C(c2ccc(F)cc2)C2CN1CS2. The van der Waals surface area contributed by atoms with Crippen LogP contribution in [0, 0.1) is 5.82 Å². The molecule has 0 spiro atoms. The molecule has 0 aromatic heterocycles. The van der Waals surface area contributed by atoms with Crippen molar-refractivity contribution in [3.05, 3.63) is 35.6 Å². The maximum absolute atomic E-state index is 13.2. The summed E-state index contributed by atoms with van der Waals surface area (Å²) in [5, 5.41) is 2.48. The predicted octanol–water partition coefficient (Wildman–Crippen LogP) is 2.33. The summed E-state index contributed by atoms with van der Waals surface area (Å²) in [6, 6.07) is 4.96. The second-order valence-corrected chi connectivity index (χ2v) is 8.96. The molecule has 6 nitrogen and oxygen atoms in total. The Kier molecular flexibility index (Phi) is 5.58. The maximum Gasteiger partial charge on any atom is 0.408 e. The van der Waals surface area contributed by atoms with Gasteiger partial charge in [-0.05, 0) is 38.5 Å². The number of halogens is 1. The van der Waals surface area contributed by atoms with E-state index >= 15 is 0 Å². The van der Waals surface area contributed by atoms with Gasteiger partial charge in [0.1, 0.15) is 17.5 Å². The molecular formula is C19H23FN2O4S. The van der Waals surface area contributed by atoms with Gasteiger partial charge >= 0.3 is 6.09 Å². The lowest BCUT2D eigenvalue weighted by Crippen LogP contribution is -2.55. The molecule has 3 rings (SSSR count). The van der Waals surface area contributed by atoms with Gasteiger partial charge in [0.05, 0.1) is 12.5 Å². The van der Waals surface area contributed by atoms with E-state index in [0.29, 0.717) is 12.4 Å². The van der Waals surface area contributed by atoms with E-state index in [1.165, 1.54) is 12.1 Å². The van der Waals surface area contributed by atoms with Crippen LogP contribution in [0.4, 0.5) is 9.18 Å². The van der Waals surface area contributed by atoms with E-state index in [1.807, 2.05) is 4.90 Å². The molecule has 1 amide bonds. The van der Waals surface area contributed by atoms with Gasteiger partial charge in [-0.25, -0.2) is 9.18 Å². The quantitative estimate of drug-likeness (QED) is 0.790. The minimum Gasteiger partial charge on any atom is -0.444 e. The second-order valence-electron chi connectivity index (χ2n) is 7.76. The number of carbonyl (C=O) groups is 3. The summed E-state index contributed by atoms with van der Waals surface area (Å²) < 4.78 is 18.4. The molecule has 0 aliphatic carbocycles. The topological polar surface area (TPSA) is 75.7 Å². The molecule has 4 unspecified atom stereocenters. The predicted molar refractivity (Wildman–Crippen MR) is 100 cm³/mol. The third-order valence-corrected chi connectivity index (χ3v) is 5.85. The Balaban J connectivity index is 1.71. The largest absolute Gasteiger partial charge is 0.444 e.